The number of rotatable bonds is 2. The van der Waals surface area contributed by atoms with Crippen molar-refractivity contribution in [2.75, 3.05) is 0 Å². The molecule has 1 aliphatic rings. The van der Waals surface area contributed by atoms with E-state index in [-0.39, 0.29) is 5.41 Å². The predicted molar refractivity (Wildman–Crippen MR) is 116 cm³/mol. The Hall–Kier alpha value is -2.58. The molecule has 0 saturated heterocycles. The molecule has 0 spiro atoms. The molecule has 26 heavy (non-hydrogen) atoms. The fraction of sp³-hybridized carbons (Fsp3) is 0.167. The van der Waals surface area contributed by atoms with Crippen molar-refractivity contribution in [3.63, 3.8) is 0 Å². The van der Waals surface area contributed by atoms with Crippen LogP contribution in [0.3, 0.4) is 0 Å². The molecule has 0 fully saturated rings. The highest BCUT2D eigenvalue weighted by molar-refractivity contribution is 7.21. The van der Waals surface area contributed by atoms with E-state index in [1.807, 2.05) is 17.4 Å². The van der Waals surface area contributed by atoms with Crippen molar-refractivity contribution in [1.29, 1.82) is 0 Å². The molecule has 5 rings (SSSR count). The second-order valence-corrected chi connectivity index (χ2v) is 8.58. The SMILES string of the molecule is C=Cc1sc2c([nH]c3cc4c(cc32)C(C)(C)c2ccccc2-4)c1/C=C\C. The topological polar surface area (TPSA) is 15.8 Å². The fourth-order valence-corrected chi connectivity index (χ4v) is 5.56. The Morgan fingerprint density at radius 1 is 1.08 bits per heavy atom. The highest BCUT2D eigenvalue weighted by Crippen LogP contribution is 2.51. The first-order chi connectivity index (χ1) is 12.6. The number of allylic oxidation sites excluding steroid dienone is 1. The first-order valence-electron chi connectivity index (χ1n) is 9.04. The van der Waals surface area contributed by atoms with Crippen molar-refractivity contribution in [3.8, 4) is 11.1 Å². The van der Waals surface area contributed by atoms with Gasteiger partial charge in [-0.1, -0.05) is 62.9 Å². The van der Waals surface area contributed by atoms with Gasteiger partial charge in [-0.3, -0.25) is 0 Å². The molecule has 2 aromatic carbocycles. The van der Waals surface area contributed by atoms with Gasteiger partial charge in [-0.15, -0.1) is 11.3 Å². The standard InChI is InChI=1S/C24H21NS/c1-5-9-15-21(6-2)26-23-17-12-19-16(13-20(17)25-22(15)23)14-10-7-8-11-18(14)24(19,3)4/h5-13,25H,2H2,1,3-4H3/b9-5-. The average Bonchev–Trinajstić information content (AvgIpc) is 3.23. The lowest BCUT2D eigenvalue weighted by atomic mass is 9.82. The lowest BCUT2D eigenvalue weighted by Crippen LogP contribution is -2.14. The fourth-order valence-electron chi connectivity index (χ4n) is 4.43. The van der Waals surface area contributed by atoms with Crippen LogP contribution >= 0.6 is 11.3 Å². The maximum Gasteiger partial charge on any atom is 0.0654 e. The minimum Gasteiger partial charge on any atom is -0.353 e. The van der Waals surface area contributed by atoms with Crippen LogP contribution < -0.4 is 0 Å². The number of fused-ring (bicyclic) bond motifs is 6. The molecule has 2 aromatic heterocycles. The van der Waals surface area contributed by atoms with E-state index in [9.17, 15) is 0 Å². The van der Waals surface area contributed by atoms with Crippen molar-refractivity contribution < 1.29 is 0 Å². The molecule has 0 bridgehead atoms. The van der Waals surface area contributed by atoms with Gasteiger partial charge in [-0.05, 0) is 41.3 Å². The summed E-state index contributed by atoms with van der Waals surface area (Å²) in [6.45, 7) is 10.7. The lowest BCUT2D eigenvalue weighted by molar-refractivity contribution is 0.661. The number of thiophene rings is 1. The summed E-state index contributed by atoms with van der Waals surface area (Å²) in [6.07, 6.45) is 6.24. The Bertz CT molecular complexity index is 1230. The van der Waals surface area contributed by atoms with Gasteiger partial charge in [0.2, 0.25) is 0 Å². The van der Waals surface area contributed by atoms with Gasteiger partial charge in [-0.25, -0.2) is 0 Å². The van der Waals surface area contributed by atoms with E-state index in [2.05, 4.69) is 80.9 Å². The van der Waals surface area contributed by atoms with E-state index in [0.717, 1.165) is 0 Å². The lowest BCUT2D eigenvalue weighted by Gasteiger charge is -2.21. The van der Waals surface area contributed by atoms with E-state index in [1.54, 1.807) is 0 Å². The highest BCUT2D eigenvalue weighted by atomic mass is 32.1. The molecule has 2 heterocycles. The quantitative estimate of drug-likeness (QED) is 0.386. The summed E-state index contributed by atoms with van der Waals surface area (Å²) in [7, 11) is 0. The maximum absolute atomic E-state index is 4.00. The molecule has 0 saturated carbocycles. The Kier molecular flexibility index (Phi) is 3.14. The molecule has 0 atom stereocenters. The number of hydrogen-bond donors (Lipinski definition) is 1. The summed E-state index contributed by atoms with van der Waals surface area (Å²) in [4.78, 5) is 4.92. The van der Waals surface area contributed by atoms with Crippen molar-refractivity contribution in [2.45, 2.75) is 26.2 Å². The number of hydrogen-bond acceptors (Lipinski definition) is 1. The van der Waals surface area contributed by atoms with E-state index in [0.29, 0.717) is 0 Å². The Balaban J connectivity index is 1.88. The molecular formula is C24H21NS. The summed E-state index contributed by atoms with van der Waals surface area (Å²) < 4.78 is 1.33. The van der Waals surface area contributed by atoms with Crippen LogP contribution in [-0.2, 0) is 5.41 Å². The van der Waals surface area contributed by atoms with E-state index in [1.165, 1.54) is 53.8 Å². The van der Waals surface area contributed by atoms with Gasteiger partial charge in [-0.2, -0.15) is 0 Å². The van der Waals surface area contributed by atoms with Crippen molar-refractivity contribution in [3.05, 3.63) is 70.6 Å². The number of benzene rings is 2. The zero-order valence-corrected chi connectivity index (χ0v) is 16.1. The smallest absolute Gasteiger partial charge is 0.0654 e. The van der Waals surface area contributed by atoms with Crippen LogP contribution in [-0.4, -0.2) is 4.98 Å². The van der Waals surface area contributed by atoms with E-state index >= 15 is 0 Å². The van der Waals surface area contributed by atoms with E-state index in [4.69, 9.17) is 0 Å². The summed E-state index contributed by atoms with van der Waals surface area (Å²) >= 11 is 1.83. The number of H-pyrrole nitrogens is 1. The van der Waals surface area contributed by atoms with Crippen LogP contribution in [0.4, 0.5) is 0 Å². The van der Waals surface area contributed by atoms with Crippen LogP contribution in [0.5, 0.6) is 0 Å². The molecule has 0 radical (unpaired) electrons. The van der Waals surface area contributed by atoms with Crippen LogP contribution in [0.25, 0.3) is 44.4 Å². The molecule has 0 amide bonds. The largest absolute Gasteiger partial charge is 0.353 e. The third-order valence-electron chi connectivity index (χ3n) is 5.72. The zero-order valence-electron chi connectivity index (χ0n) is 15.3. The van der Waals surface area contributed by atoms with Crippen LogP contribution in [0.1, 0.15) is 42.3 Å². The molecule has 0 unspecified atom stereocenters. The Morgan fingerprint density at radius 3 is 2.65 bits per heavy atom. The van der Waals surface area contributed by atoms with Gasteiger partial charge in [0, 0.05) is 26.8 Å². The van der Waals surface area contributed by atoms with Crippen LogP contribution in [0, 0.1) is 0 Å². The van der Waals surface area contributed by atoms with Gasteiger partial charge < -0.3 is 4.98 Å². The molecule has 1 nitrogen and oxygen atoms in total. The van der Waals surface area contributed by atoms with Crippen molar-refractivity contribution >= 4 is 44.6 Å². The third kappa shape index (κ3) is 1.85. The molecular weight excluding hydrogens is 334 g/mol. The van der Waals surface area contributed by atoms with Crippen molar-refractivity contribution in [2.24, 2.45) is 0 Å². The summed E-state index contributed by atoms with van der Waals surface area (Å²) in [5, 5.41) is 1.32. The summed E-state index contributed by atoms with van der Waals surface area (Å²) in [5.41, 5.74) is 9.31. The molecule has 1 N–H and O–H groups in total. The molecule has 4 aromatic rings. The molecule has 0 aliphatic heterocycles. The van der Waals surface area contributed by atoms with Gasteiger partial charge >= 0.3 is 0 Å². The predicted octanol–water partition coefficient (Wildman–Crippen LogP) is 7.37. The maximum atomic E-state index is 4.00. The van der Waals surface area contributed by atoms with Gasteiger partial charge in [0.1, 0.15) is 0 Å². The van der Waals surface area contributed by atoms with E-state index < -0.39 is 0 Å². The van der Waals surface area contributed by atoms with Gasteiger partial charge in [0.25, 0.3) is 0 Å². The Morgan fingerprint density at radius 2 is 1.88 bits per heavy atom. The first-order valence-corrected chi connectivity index (χ1v) is 9.85. The minimum absolute atomic E-state index is 0.0361. The number of nitrogens with one attached hydrogen (secondary N) is 1. The Labute approximate surface area is 157 Å². The van der Waals surface area contributed by atoms with Gasteiger partial charge in [0.15, 0.2) is 0 Å². The monoisotopic (exact) mass is 355 g/mol. The van der Waals surface area contributed by atoms with Crippen LogP contribution in [0.2, 0.25) is 0 Å². The van der Waals surface area contributed by atoms with Gasteiger partial charge in [0.05, 0.1) is 10.2 Å². The summed E-state index contributed by atoms with van der Waals surface area (Å²) in [6, 6.07) is 13.6. The zero-order chi connectivity index (χ0) is 18.1. The second kappa shape index (κ2) is 5.21. The average molecular weight is 356 g/mol. The highest BCUT2D eigenvalue weighted by Gasteiger charge is 2.35. The molecule has 128 valence electrons. The normalized spacial score (nSPS) is 15.0. The van der Waals surface area contributed by atoms with Crippen molar-refractivity contribution in [1.82, 2.24) is 4.98 Å². The minimum atomic E-state index is 0.0361. The molecule has 1 aliphatic carbocycles. The second-order valence-electron chi connectivity index (χ2n) is 7.53. The molecule has 2 heteroatoms. The third-order valence-corrected chi connectivity index (χ3v) is 6.95. The summed E-state index contributed by atoms with van der Waals surface area (Å²) in [5.74, 6) is 0. The number of aromatic amines is 1. The number of aromatic nitrogens is 1. The van der Waals surface area contributed by atoms with Crippen LogP contribution in [0.15, 0.2) is 49.1 Å². The first kappa shape index (κ1) is 15.7.